The summed E-state index contributed by atoms with van der Waals surface area (Å²) < 4.78 is 5.23. The molecule has 0 saturated heterocycles. The van der Waals surface area contributed by atoms with E-state index in [2.05, 4.69) is 27.4 Å². The van der Waals surface area contributed by atoms with Gasteiger partial charge < -0.3 is 15.8 Å². The molecule has 1 aliphatic rings. The topological polar surface area (TPSA) is 72.5 Å². The second-order valence-corrected chi connectivity index (χ2v) is 5.73. The number of rotatable bonds is 4. The number of fused-ring (bicyclic) bond motifs is 1. The molecule has 3 N–H and O–H groups in total. The molecule has 3 rings (SSSR count). The van der Waals surface area contributed by atoms with E-state index in [0.717, 1.165) is 29.7 Å². The molecule has 0 atom stereocenters. The molecule has 1 heterocycles. The van der Waals surface area contributed by atoms with Gasteiger partial charge in [-0.1, -0.05) is 12.1 Å². The van der Waals surface area contributed by atoms with Crippen molar-refractivity contribution in [2.45, 2.75) is 19.3 Å². The summed E-state index contributed by atoms with van der Waals surface area (Å²) in [5.41, 5.74) is 11.3. The van der Waals surface area contributed by atoms with Crippen LogP contribution in [-0.4, -0.2) is 23.5 Å². The van der Waals surface area contributed by atoms with Crippen molar-refractivity contribution in [2.75, 3.05) is 12.4 Å². The highest BCUT2D eigenvalue weighted by atomic mass is 32.1. The van der Waals surface area contributed by atoms with Gasteiger partial charge in [-0.25, -0.2) is 9.98 Å². The van der Waals surface area contributed by atoms with Crippen molar-refractivity contribution >= 4 is 29.4 Å². The Kier molecular flexibility index (Phi) is 4.52. The van der Waals surface area contributed by atoms with E-state index in [1.807, 2.05) is 12.1 Å². The SMILES string of the molecule is COc1cc(-c2ccc3c(c2NC=NC(N)=S)CCC3)ccn1. The van der Waals surface area contributed by atoms with Gasteiger partial charge in [-0.05, 0) is 54.2 Å². The van der Waals surface area contributed by atoms with Crippen LogP contribution in [-0.2, 0) is 12.8 Å². The normalized spacial score (nSPS) is 13.1. The molecule has 0 fully saturated rings. The maximum absolute atomic E-state index is 5.43. The van der Waals surface area contributed by atoms with Crippen LogP contribution < -0.4 is 15.8 Å². The van der Waals surface area contributed by atoms with Gasteiger partial charge in [-0.15, -0.1) is 0 Å². The van der Waals surface area contributed by atoms with Gasteiger partial charge in [0, 0.05) is 17.8 Å². The summed E-state index contributed by atoms with van der Waals surface area (Å²) in [6.07, 6.45) is 6.62. The zero-order chi connectivity index (χ0) is 16.2. The van der Waals surface area contributed by atoms with E-state index in [1.54, 1.807) is 19.6 Å². The van der Waals surface area contributed by atoms with E-state index < -0.39 is 0 Å². The smallest absolute Gasteiger partial charge is 0.213 e. The third-order valence-electron chi connectivity index (χ3n) is 3.94. The van der Waals surface area contributed by atoms with Gasteiger partial charge in [-0.2, -0.15) is 0 Å². The Morgan fingerprint density at radius 3 is 3.04 bits per heavy atom. The molecule has 5 nitrogen and oxygen atoms in total. The fourth-order valence-electron chi connectivity index (χ4n) is 2.92. The molecule has 23 heavy (non-hydrogen) atoms. The minimum absolute atomic E-state index is 0.109. The first-order valence-corrected chi connectivity index (χ1v) is 7.83. The van der Waals surface area contributed by atoms with Crippen LogP contribution >= 0.6 is 12.2 Å². The van der Waals surface area contributed by atoms with E-state index in [0.29, 0.717) is 5.88 Å². The molecule has 0 bridgehead atoms. The average molecular weight is 326 g/mol. The van der Waals surface area contributed by atoms with Crippen LogP contribution in [0.4, 0.5) is 5.69 Å². The van der Waals surface area contributed by atoms with Crippen LogP contribution in [0.25, 0.3) is 11.1 Å². The number of nitrogens with zero attached hydrogens (tertiary/aromatic N) is 2. The number of aryl methyl sites for hydroxylation is 1. The lowest BCUT2D eigenvalue weighted by Crippen LogP contribution is -2.08. The monoisotopic (exact) mass is 326 g/mol. The van der Waals surface area contributed by atoms with Gasteiger partial charge in [0.05, 0.1) is 19.1 Å². The molecule has 1 aromatic carbocycles. The lowest BCUT2D eigenvalue weighted by molar-refractivity contribution is 0.398. The number of thiocarbonyl (C=S) groups is 1. The number of anilines is 1. The molecule has 1 aromatic heterocycles. The van der Waals surface area contributed by atoms with Crippen molar-refractivity contribution in [3.05, 3.63) is 41.6 Å². The summed E-state index contributed by atoms with van der Waals surface area (Å²) in [6, 6.07) is 8.21. The molecule has 0 unspecified atom stereocenters. The van der Waals surface area contributed by atoms with Crippen molar-refractivity contribution in [1.29, 1.82) is 0 Å². The summed E-state index contributed by atoms with van der Waals surface area (Å²) in [5.74, 6) is 0.589. The van der Waals surface area contributed by atoms with Gasteiger partial charge in [0.25, 0.3) is 0 Å². The first-order valence-electron chi connectivity index (χ1n) is 7.42. The van der Waals surface area contributed by atoms with Crippen molar-refractivity contribution in [3.63, 3.8) is 0 Å². The zero-order valence-electron chi connectivity index (χ0n) is 12.9. The molecule has 2 aromatic rings. The van der Waals surface area contributed by atoms with Crippen LogP contribution in [0.1, 0.15) is 17.5 Å². The van der Waals surface area contributed by atoms with Gasteiger partial charge >= 0.3 is 0 Å². The maximum atomic E-state index is 5.43. The first-order chi connectivity index (χ1) is 11.2. The number of benzene rings is 1. The Labute approximate surface area is 140 Å². The number of ether oxygens (including phenoxy) is 1. The molecule has 1 aliphatic carbocycles. The minimum atomic E-state index is 0.109. The quantitative estimate of drug-likeness (QED) is 0.513. The van der Waals surface area contributed by atoms with Crippen LogP contribution in [0.5, 0.6) is 5.88 Å². The highest BCUT2D eigenvalue weighted by molar-refractivity contribution is 7.80. The Morgan fingerprint density at radius 2 is 2.26 bits per heavy atom. The van der Waals surface area contributed by atoms with Crippen molar-refractivity contribution < 1.29 is 4.74 Å². The number of aliphatic imine (C=N–C) groups is 1. The van der Waals surface area contributed by atoms with Gasteiger partial charge in [0.15, 0.2) is 5.11 Å². The molecular weight excluding hydrogens is 308 g/mol. The van der Waals surface area contributed by atoms with Crippen LogP contribution in [0.2, 0.25) is 0 Å². The maximum Gasteiger partial charge on any atom is 0.213 e. The Bertz CT molecular complexity index is 773. The molecule has 118 valence electrons. The highest BCUT2D eigenvalue weighted by Crippen LogP contribution is 2.37. The van der Waals surface area contributed by atoms with Crippen molar-refractivity contribution in [1.82, 2.24) is 4.98 Å². The molecule has 0 amide bonds. The fraction of sp³-hybridized carbons (Fsp3) is 0.235. The van der Waals surface area contributed by atoms with E-state index in [1.165, 1.54) is 17.5 Å². The van der Waals surface area contributed by atoms with Gasteiger partial charge in [0.1, 0.15) is 0 Å². The second-order valence-electron chi connectivity index (χ2n) is 5.31. The number of nitrogens with two attached hydrogens (primary N) is 1. The van der Waals surface area contributed by atoms with Gasteiger partial charge in [0.2, 0.25) is 5.88 Å². The molecule has 0 aliphatic heterocycles. The van der Waals surface area contributed by atoms with Crippen molar-refractivity contribution in [3.8, 4) is 17.0 Å². The highest BCUT2D eigenvalue weighted by Gasteiger charge is 2.18. The molecule has 0 spiro atoms. The van der Waals surface area contributed by atoms with E-state index >= 15 is 0 Å². The third kappa shape index (κ3) is 3.32. The Hall–Kier alpha value is -2.47. The van der Waals surface area contributed by atoms with E-state index in [-0.39, 0.29) is 5.11 Å². The minimum Gasteiger partial charge on any atom is -0.481 e. The largest absolute Gasteiger partial charge is 0.481 e. The number of nitrogens with one attached hydrogen (secondary N) is 1. The first kappa shape index (κ1) is 15.4. The summed E-state index contributed by atoms with van der Waals surface area (Å²) in [5, 5.41) is 3.37. The summed E-state index contributed by atoms with van der Waals surface area (Å²) in [7, 11) is 1.61. The molecular formula is C17H18N4OS. The summed E-state index contributed by atoms with van der Waals surface area (Å²) >= 11 is 4.78. The predicted molar refractivity (Wildman–Crippen MR) is 97.2 cm³/mol. The fourth-order valence-corrected chi connectivity index (χ4v) is 2.97. The summed E-state index contributed by atoms with van der Waals surface area (Å²) in [4.78, 5) is 8.12. The number of hydrogen-bond acceptors (Lipinski definition) is 3. The number of methoxy groups -OCH3 is 1. The Balaban J connectivity index is 2.06. The van der Waals surface area contributed by atoms with Crippen molar-refractivity contribution in [2.24, 2.45) is 10.7 Å². The van der Waals surface area contributed by atoms with E-state index in [4.69, 9.17) is 22.7 Å². The zero-order valence-corrected chi connectivity index (χ0v) is 13.7. The van der Waals surface area contributed by atoms with Crippen LogP contribution in [0, 0.1) is 0 Å². The number of aromatic nitrogens is 1. The lowest BCUT2D eigenvalue weighted by Gasteiger charge is -2.15. The molecule has 6 heteroatoms. The summed E-state index contributed by atoms with van der Waals surface area (Å²) in [6.45, 7) is 0. The van der Waals surface area contributed by atoms with Crippen LogP contribution in [0.3, 0.4) is 0 Å². The number of pyridine rings is 1. The molecule has 0 saturated carbocycles. The van der Waals surface area contributed by atoms with E-state index in [9.17, 15) is 0 Å². The van der Waals surface area contributed by atoms with Crippen LogP contribution in [0.15, 0.2) is 35.5 Å². The van der Waals surface area contributed by atoms with Gasteiger partial charge in [-0.3, -0.25) is 0 Å². The molecule has 0 radical (unpaired) electrons. The second kappa shape index (κ2) is 6.75. The standard InChI is InChI=1S/C17H18N4OS/c1-22-15-9-12(7-8-19-15)14-6-5-11-3-2-4-13(11)16(14)20-10-21-17(18)23/h5-10H,2-4H2,1H3,(H3,18,20,21,23). The predicted octanol–water partition coefficient (Wildman–Crippen LogP) is 2.93. The Morgan fingerprint density at radius 1 is 1.39 bits per heavy atom. The third-order valence-corrected chi connectivity index (χ3v) is 4.04. The lowest BCUT2D eigenvalue weighted by atomic mass is 9.98. The number of hydrogen-bond donors (Lipinski definition) is 2. The average Bonchev–Trinajstić information content (AvgIpc) is 3.03.